The van der Waals surface area contributed by atoms with Gasteiger partial charge < -0.3 is 0 Å². The van der Waals surface area contributed by atoms with Crippen LogP contribution in [0.1, 0.15) is 5.56 Å². The lowest BCUT2D eigenvalue weighted by Crippen LogP contribution is -1.94. The van der Waals surface area contributed by atoms with E-state index in [0.29, 0.717) is 0 Å². The van der Waals surface area contributed by atoms with E-state index in [-0.39, 0.29) is 0 Å². The zero-order valence-corrected chi connectivity index (χ0v) is 27.4. The van der Waals surface area contributed by atoms with Crippen LogP contribution >= 0.6 is 0 Å². The maximum Gasteiger partial charge on any atom is -0.00198 e. The van der Waals surface area contributed by atoms with Crippen molar-refractivity contribution >= 4 is 32.3 Å². The number of rotatable bonds is 5. The Morgan fingerprint density at radius 2 is 0.714 bits per heavy atom. The predicted molar refractivity (Wildman–Crippen MR) is 211 cm³/mol. The van der Waals surface area contributed by atoms with E-state index in [9.17, 15) is 0 Å². The highest BCUT2D eigenvalue weighted by atomic mass is 14.2. The van der Waals surface area contributed by atoms with Gasteiger partial charge in [0.1, 0.15) is 0 Å². The molecule has 0 aliphatic carbocycles. The quantitative estimate of drug-likeness (QED) is 0.168. The highest BCUT2D eigenvalue weighted by molar-refractivity contribution is 6.23. The first-order valence-corrected chi connectivity index (χ1v) is 17.0. The van der Waals surface area contributed by atoms with Crippen LogP contribution in [0.3, 0.4) is 0 Å². The summed E-state index contributed by atoms with van der Waals surface area (Å²) in [5.41, 5.74) is 13.6. The van der Waals surface area contributed by atoms with Crippen LogP contribution in [0.2, 0.25) is 0 Å². The molecule has 0 bridgehead atoms. The molecule has 0 atom stereocenters. The van der Waals surface area contributed by atoms with Gasteiger partial charge in [0.25, 0.3) is 0 Å². The average Bonchev–Trinajstić information content (AvgIpc) is 3.17. The van der Waals surface area contributed by atoms with Gasteiger partial charge in [0, 0.05) is 0 Å². The van der Waals surface area contributed by atoms with Gasteiger partial charge in [0.2, 0.25) is 0 Å². The van der Waals surface area contributed by atoms with Gasteiger partial charge in [-0.15, -0.1) is 0 Å². The molecule has 0 amide bonds. The van der Waals surface area contributed by atoms with Crippen LogP contribution in [0.5, 0.6) is 0 Å². The Bertz CT molecular complexity index is 2570. The minimum Gasteiger partial charge on any atom is -0.0622 e. The lowest BCUT2D eigenvalue weighted by Gasteiger charge is -2.21. The minimum absolute atomic E-state index is 1.21. The molecule has 9 aromatic carbocycles. The van der Waals surface area contributed by atoms with E-state index >= 15 is 0 Å². The van der Waals surface area contributed by atoms with Crippen molar-refractivity contribution in [2.45, 2.75) is 6.92 Å². The van der Waals surface area contributed by atoms with E-state index in [1.807, 2.05) is 0 Å². The molecule has 0 saturated carbocycles. The third-order valence-corrected chi connectivity index (χ3v) is 9.86. The zero-order valence-electron chi connectivity index (χ0n) is 27.4. The third kappa shape index (κ3) is 5.19. The summed E-state index contributed by atoms with van der Waals surface area (Å²) in [6.07, 6.45) is 0. The monoisotopic (exact) mass is 622 g/mol. The molecule has 0 heteroatoms. The number of hydrogen-bond donors (Lipinski definition) is 0. The molecule has 9 rings (SSSR count). The molecule has 0 radical (unpaired) electrons. The molecule has 0 aliphatic heterocycles. The van der Waals surface area contributed by atoms with Gasteiger partial charge in [0.05, 0.1) is 0 Å². The predicted octanol–water partition coefficient (Wildman–Crippen LogP) is 13.8. The molecular weight excluding hydrogens is 589 g/mol. The molecule has 0 fully saturated rings. The van der Waals surface area contributed by atoms with E-state index < -0.39 is 0 Å². The van der Waals surface area contributed by atoms with Gasteiger partial charge >= 0.3 is 0 Å². The first-order chi connectivity index (χ1) is 24.2. The Hall–Kier alpha value is -6.24. The second-order valence-corrected chi connectivity index (χ2v) is 13.0. The van der Waals surface area contributed by atoms with E-state index in [1.165, 1.54) is 93.5 Å². The van der Waals surface area contributed by atoms with E-state index in [2.05, 4.69) is 195 Å². The molecular formula is C49H34. The van der Waals surface area contributed by atoms with Crippen molar-refractivity contribution in [1.29, 1.82) is 0 Å². The molecule has 0 saturated heterocycles. The Morgan fingerprint density at radius 3 is 1.31 bits per heavy atom. The SMILES string of the molecule is Cc1ccc2c(-c3cc(-c4ccccc4)cc(-c4ccccc4)c3)c3ccccc3c(-c3cc4ccccc4cc3-c3ccccc3)c2c1. The van der Waals surface area contributed by atoms with Crippen LogP contribution in [0, 0.1) is 6.92 Å². The third-order valence-electron chi connectivity index (χ3n) is 9.86. The summed E-state index contributed by atoms with van der Waals surface area (Å²) in [6.45, 7) is 2.21. The lowest BCUT2D eigenvalue weighted by molar-refractivity contribution is 1.51. The van der Waals surface area contributed by atoms with Gasteiger partial charge in [-0.1, -0.05) is 163 Å². The lowest BCUT2D eigenvalue weighted by atomic mass is 9.82. The van der Waals surface area contributed by atoms with Gasteiger partial charge in [-0.25, -0.2) is 0 Å². The Morgan fingerprint density at radius 1 is 0.265 bits per heavy atom. The fourth-order valence-corrected chi connectivity index (χ4v) is 7.56. The first-order valence-electron chi connectivity index (χ1n) is 17.0. The standard InChI is InChI=1S/C49H34/c1-33-25-26-44-46(27-33)49(47-32-38-22-12-11-21-37(38)31-45(47)36-19-9-4-10-20-36)43-24-14-13-23-42(43)48(44)41-29-39(34-15-5-2-6-16-34)28-40(30-41)35-17-7-3-8-18-35/h2-32H,1H3. The highest BCUT2D eigenvalue weighted by Gasteiger charge is 2.21. The Labute approximate surface area is 287 Å². The minimum atomic E-state index is 1.21. The van der Waals surface area contributed by atoms with E-state index in [4.69, 9.17) is 0 Å². The van der Waals surface area contributed by atoms with Crippen molar-refractivity contribution in [3.63, 3.8) is 0 Å². The molecule has 0 nitrogen and oxygen atoms in total. The van der Waals surface area contributed by atoms with Crippen LogP contribution in [0.25, 0.3) is 88.0 Å². The largest absolute Gasteiger partial charge is 0.0622 e. The highest BCUT2D eigenvalue weighted by Crippen LogP contribution is 2.48. The topological polar surface area (TPSA) is 0 Å². The van der Waals surface area contributed by atoms with Crippen molar-refractivity contribution in [2.75, 3.05) is 0 Å². The summed E-state index contributed by atoms with van der Waals surface area (Å²) in [5.74, 6) is 0. The van der Waals surface area contributed by atoms with Gasteiger partial charge in [0.15, 0.2) is 0 Å². The first kappa shape index (κ1) is 28.9. The fraction of sp³-hybridized carbons (Fsp3) is 0.0204. The molecule has 49 heavy (non-hydrogen) atoms. The summed E-state index contributed by atoms with van der Waals surface area (Å²) < 4.78 is 0. The van der Waals surface area contributed by atoms with Crippen LogP contribution in [-0.2, 0) is 0 Å². The van der Waals surface area contributed by atoms with Crippen molar-refractivity contribution < 1.29 is 0 Å². The number of aryl methyl sites for hydroxylation is 1. The number of hydrogen-bond acceptors (Lipinski definition) is 0. The summed E-state index contributed by atoms with van der Waals surface area (Å²) in [4.78, 5) is 0. The van der Waals surface area contributed by atoms with Crippen molar-refractivity contribution in [1.82, 2.24) is 0 Å². The van der Waals surface area contributed by atoms with Crippen LogP contribution in [-0.4, -0.2) is 0 Å². The summed E-state index contributed by atoms with van der Waals surface area (Å²) in [6, 6.07) is 69.0. The van der Waals surface area contributed by atoms with Gasteiger partial charge in [-0.3, -0.25) is 0 Å². The molecule has 0 unspecified atom stereocenters. The fourth-order valence-electron chi connectivity index (χ4n) is 7.56. The Balaban J connectivity index is 1.41. The smallest absolute Gasteiger partial charge is 0.00198 e. The van der Waals surface area contributed by atoms with Crippen LogP contribution < -0.4 is 0 Å². The second kappa shape index (κ2) is 12.1. The van der Waals surface area contributed by atoms with E-state index in [1.54, 1.807) is 0 Å². The molecule has 9 aromatic rings. The molecule has 0 heterocycles. The summed E-state index contributed by atoms with van der Waals surface area (Å²) in [7, 11) is 0. The molecule has 0 N–H and O–H groups in total. The van der Waals surface area contributed by atoms with Crippen LogP contribution in [0.15, 0.2) is 188 Å². The zero-order chi connectivity index (χ0) is 32.7. The number of fused-ring (bicyclic) bond motifs is 3. The van der Waals surface area contributed by atoms with Crippen molar-refractivity contribution in [2.24, 2.45) is 0 Å². The Kier molecular flexibility index (Phi) is 7.14. The van der Waals surface area contributed by atoms with Gasteiger partial charge in [-0.05, 0) is 125 Å². The molecule has 0 aliphatic rings. The summed E-state index contributed by atoms with van der Waals surface area (Å²) >= 11 is 0. The normalized spacial score (nSPS) is 11.4. The summed E-state index contributed by atoms with van der Waals surface area (Å²) in [5, 5.41) is 7.54. The molecule has 230 valence electrons. The maximum absolute atomic E-state index is 2.41. The van der Waals surface area contributed by atoms with Crippen molar-refractivity contribution in [3.8, 4) is 55.6 Å². The molecule has 0 aromatic heterocycles. The van der Waals surface area contributed by atoms with Gasteiger partial charge in [-0.2, -0.15) is 0 Å². The van der Waals surface area contributed by atoms with Crippen LogP contribution in [0.4, 0.5) is 0 Å². The average molecular weight is 623 g/mol. The molecule has 0 spiro atoms. The maximum atomic E-state index is 2.41. The van der Waals surface area contributed by atoms with Crippen molar-refractivity contribution in [3.05, 3.63) is 194 Å². The second-order valence-electron chi connectivity index (χ2n) is 13.0. The van der Waals surface area contributed by atoms with E-state index in [0.717, 1.165) is 0 Å². The number of benzene rings is 9.